The van der Waals surface area contributed by atoms with Crippen LogP contribution in [0.4, 0.5) is 0 Å². The fraction of sp³-hybridized carbons (Fsp3) is 0.500. The van der Waals surface area contributed by atoms with E-state index in [0.29, 0.717) is 0 Å². The van der Waals surface area contributed by atoms with Crippen LogP contribution in [0.5, 0.6) is 5.75 Å². The average Bonchev–Trinajstić information content (AvgIpc) is 2.72. The molecule has 3 heteroatoms. The Bertz CT molecular complexity index is 669. The van der Waals surface area contributed by atoms with Crippen molar-refractivity contribution in [1.82, 2.24) is 0 Å². The van der Waals surface area contributed by atoms with Crippen molar-refractivity contribution < 1.29 is 4.74 Å². The molecule has 0 aromatic heterocycles. The molecule has 0 radical (unpaired) electrons. The van der Waals surface area contributed by atoms with Crippen molar-refractivity contribution in [3.8, 4) is 16.9 Å². The molecule has 1 nitrogen and oxygen atoms in total. The molecular formula is C24H32Br2O. The number of unbranched alkanes of at least 4 members (excludes halogenated alkanes) is 7. The minimum absolute atomic E-state index is 0.811. The standard InChI is InChI=1S/C24H32Br2O/c1-2-3-4-5-6-7-8-9-15-27-23-12-10-11-21(17-23)24-16-20(18-25)13-14-22(24)19-26/h10-14,16-17H,2-9,15,18-19H2,1H3. The van der Waals surface area contributed by atoms with Crippen molar-refractivity contribution in [2.24, 2.45) is 0 Å². The first kappa shape index (κ1) is 22.5. The molecule has 0 heterocycles. The summed E-state index contributed by atoms with van der Waals surface area (Å²) < 4.78 is 6.02. The molecule has 0 spiro atoms. The third kappa shape index (κ3) is 7.99. The largest absolute Gasteiger partial charge is 0.494 e. The number of hydrogen-bond donors (Lipinski definition) is 0. The molecule has 0 fully saturated rings. The molecule has 0 aliphatic heterocycles. The first-order chi connectivity index (χ1) is 13.3. The van der Waals surface area contributed by atoms with Gasteiger partial charge in [0.2, 0.25) is 0 Å². The van der Waals surface area contributed by atoms with E-state index in [1.807, 2.05) is 0 Å². The van der Waals surface area contributed by atoms with Gasteiger partial charge in [0.25, 0.3) is 0 Å². The fourth-order valence-corrected chi connectivity index (χ4v) is 4.11. The summed E-state index contributed by atoms with van der Waals surface area (Å²) >= 11 is 7.17. The molecule has 2 rings (SSSR count). The van der Waals surface area contributed by atoms with Crippen molar-refractivity contribution in [3.63, 3.8) is 0 Å². The van der Waals surface area contributed by atoms with Gasteiger partial charge in [0.05, 0.1) is 6.61 Å². The Morgan fingerprint density at radius 2 is 1.52 bits per heavy atom. The van der Waals surface area contributed by atoms with E-state index in [0.717, 1.165) is 29.4 Å². The normalized spacial score (nSPS) is 10.9. The smallest absolute Gasteiger partial charge is 0.119 e. The fourth-order valence-electron chi connectivity index (χ4n) is 3.27. The van der Waals surface area contributed by atoms with Crippen LogP contribution in [0.15, 0.2) is 42.5 Å². The maximum atomic E-state index is 6.02. The van der Waals surface area contributed by atoms with Gasteiger partial charge >= 0.3 is 0 Å². The molecule has 2 aromatic carbocycles. The second kappa shape index (κ2) is 13.4. The summed E-state index contributed by atoms with van der Waals surface area (Å²) in [6, 6.07) is 15.1. The molecule has 0 amide bonds. The summed E-state index contributed by atoms with van der Waals surface area (Å²) in [5.41, 5.74) is 5.10. The van der Waals surface area contributed by atoms with Gasteiger partial charge in [0.1, 0.15) is 5.75 Å². The van der Waals surface area contributed by atoms with E-state index in [-0.39, 0.29) is 0 Å². The third-order valence-corrected chi connectivity index (χ3v) is 6.14. The third-order valence-electron chi connectivity index (χ3n) is 4.88. The van der Waals surface area contributed by atoms with Crippen molar-refractivity contribution in [2.45, 2.75) is 69.0 Å². The van der Waals surface area contributed by atoms with Crippen molar-refractivity contribution >= 4 is 31.9 Å². The number of alkyl halides is 2. The first-order valence-corrected chi connectivity index (χ1v) is 12.5. The summed E-state index contributed by atoms with van der Waals surface area (Å²) in [6.45, 7) is 3.08. The number of ether oxygens (including phenoxy) is 1. The van der Waals surface area contributed by atoms with Crippen LogP contribution in [0, 0.1) is 0 Å². The highest BCUT2D eigenvalue weighted by molar-refractivity contribution is 9.08. The van der Waals surface area contributed by atoms with Crippen LogP contribution in [0.2, 0.25) is 0 Å². The minimum Gasteiger partial charge on any atom is -0.494 e. The van der Waals surface area contributed by atoms with E-state index in [1.54, 1.807) is 0 Å². The Kier molecular flexibility index (Phi) is 11.2. The lowest BCUT2D eigenvalue weighted by molar-refractivity contribution is 0.304. The molecular weight excluding hydrogens is 464 g/mol. The van der Waals surface area contributed by atoms with E-state index < -0.39 is 0 Å². The van der Waals surface area contributed by atoms with E-state index in [9.17, 15) is 0 Å². The molecule has 0 saturated heterocycles. The number of benzene rings is 2. The van der Waals surface area contributed by atoms with Crippen molar-refractivity contribution in [1.29, 1.82) is 0 Å². The van der Waals surface area contributed by atoms with Crippen LogP contribution in [-0.2, 0) is 10.7 Å². The topological polar surface area (TPSA) is 9.23 Å². The molecule has 148 valence electrons. The molecule has 0 aliphatic carbocycles. The average molecular weight is 496 g/mol. The summed E-state index contributed by atoms with van der Waals surface area (Å²) in [5, 5.41) is 1.73. The lowest BCUT2D eigenvalue weighted by Crippen LogP contribution is -1.98. The highest BCUT2D eigenvalue weighted by atomic mass is 79.9. The Morgan fingerprint density at radius 3 is 2.22 bits per heavy atom. The zero-order chi connectivity index (χ0) is 19.3. The van der Waals surface area contributed by atoms with Crippen LogP contribution in [0.3, 0.4) is 0 Å². The second-order valence-corrected chi connectivity index (χ2v) is 8.23. The molecule has 0 aliphatic rings. The van der Waals surface area contributed by atoms with Gasteiger partial charge in [-0.3, -0.25) is 0 Å². The summed E-state index contributed by atoms with van der Waals surface area (Å²) in [6.07, 6.45) is 10.6. The minimum atomic E-state index is 0.811. The Labute approximate surface area is 182 Å². The number of rotatable bonds is 13. The maximum absolute atomic E-state index is 6.02. The van der Waals surface area contributed by atoms with Gasteiger partial charge in [-0.05, 0) is 40.8 Å². The monoisotopic (exact) mass is 494 g/mol. The zero-order valence-corrected chi connectivity index (χ0v) is 19.7. The van der Waals surface area contributed by atoms with Crippen LogP contribution in [0.25, 0.3) is 11.1 Å². The predicted molar refractivity (Wildman–Crippen MR) is 125 cm³/mol. The molecule has 0 atom stereocenters. The van der Waals surface area contributed by atoms with Crippen molar-refractivity contribution in [3.05, 3.63) is 53.6 Å². The van der Waals surface area contributed by atoms with Gasteiger partial charge < -0.3 is 4.74 Å². The molecule has 2 aromatic rings. The van der Waals surface area contributed by atoms with Gasteiger partial charge in [0.15, 0.2) is 0 Å². The van der Waals surface area contributed by atoms with E-state index in [2.05, 4.69) is 81.2 Å². The van der Waals surface area contributed by atoms with Crippen LogP contribution in [0.1, 0.15) is 69.4 Å². The Morgan fingerprint density at radius 1 is 0.778 bits per heavy atom. The second-order valence-electron chi connectivity index (χ2n) is 7.11. The van der Waals surface area contributed by atoms with Gasteiger partial charge in [-0.15, -0.1) is 0 Å². The Balaban J connectivity index is 1.84. The highest BCUT2D eigenvalue weighted by Gasteiger charge is 2.07. The van der Waals surface area contributed by atoms with Crippen LogP contribution >= 0.6 is 31.9 Å². The van der Waals surface area contributed by atoms with Crippen molar-refractivity contribution in [2.75, 3.05) is 6.61 Å². The molecule has 0 saturated carbocycles. The SMILES string of the molecule is CCCCCCCCCCOc1cccc(-c2cc(CBr)ccc2CBr)c1. The molecule has 27 heavy (non-hydrogen) atoms. The molecule has 0 bridgehead atoms. The summed E-state index contributed by atoms with van der Waals surface area (Å²) in [4.78, 5) is 0. The van der Waals surface area contributed by atoms with E-state index in [4.69, 9.17) is 4.74 Å². The molecule has 0 unspecified atom stereocenters. The Hall–Kier alpha value is -0.800. The van der Waals surface area contributed by atoms with Crippen LogP contribution in [-0.4, -0.2) is 6.61 Å². The number of hydrogen-bond acceptors (Lipinski definition) is 1. The number of halogens is 2. The quantitative estimate of drug-likeness (QED) is 0.199. The maximum Gasteiger partial charge on any atom is 0.119 e. The zero-order valence-electron chi connectivity index (χ0n) is 16.5. The van der Waals surface area contributed by atoms with E-state index >= 15 is 0 Å². The van der Waals surface area contributed by atoms with Gasteiger partial charge in [-0.25, -0.2) is 0 Å². The predicted octanol–water partition coefficient (Wildman–Crippen LogP) is 8.66. The van der Waals surface area contributed by atoms with Gasteiger partial charge in [-0.1, -0.05) is 114 Å². The van der Waals surface area contributed by atoms with Gasteiger partial charge in [0, 0.05) is 10.7 Å². The van der Waals surface area contributed by atoms with Gasteiger partial charge in [-0.2, -0.15) is 0 Å². The summed E-state index contributed by atoms with van der Waals surface area (Å²) in [5.74, 6) is 0.972. The molecule has 0 N–H and O–H groups in total. The lowest BCUT2D eigenvalue weighted by atomic mass is 9.98. The highest BCUT2D eigenvalue weighted by Crippen LogP contribution is 2.30. The first-order valence-electron chi connectivity index (χ1n) is 10.3. The summed E-state index contributed by atoms with van der Waals surface area (Å²) in [7, 11) is 0. The van der Waals surface area contributed by atoms with Crippen LogP contribution < -0.4 is 4.74 Å². The lowest BCUT2D eigenvalue weighted by Gasteiger charge is -2.12. The van der Waals surface area contributed by atoms with E-state index in [1.165, 1.54) is 67.2 Å².